The third kappa shape index (κ3) is 6.29. The molecule has 3 heterocycles. The van der Waals surface area contributed by atoms with Crippen molar-refractivity contribution in [1.82, 2.24) is 5.32 Å². The van der Waals surface area contributed by atoms with Crippen LogP contribution in [0.4, 0.5) is 0 Å². The summed E-state index contributed by atoms with van der Waals surface area (Å²) in [6.07, 6.45) is 0. The third-order valence-corrected chi connectivity index (χ3v) is 8.35. The molecule has 0 aromatic heterocycles. The molecule has 2 aromatic rings. The summed E-state index contributed by atoms with van der Waals surface area (Å²) in [4.78, 5) is 22.8. The van der Waals surface area contributed by atoms with Crippen molar-refractivity contribution in [2.24, 2.45) is 0 Å². The number of carboxylic acids is 1. The smallest absolute Gasteiger partial charge is 0.478 e. The number of amides is 1. The molecule has 11 heteroatoms. The summed E-state index contributed by atoms with van der Waals surface area (Å²) in [6.45, 7) is 17.2. The molecule has 3 aliphatic heterocycles. The van der Waals surface area contributed by atoms with Crippen LogP contribution in [0.5, 0.6) is 0 Å². The van der Waals surface area contributed by atoms with Gasteiger partial charge in [-0.15, -0.1) is 0 Å². The van der Waals surface area contributed by atoms with Gasteiger partial charge < -0.3 is 33.8 Å². The van der Waals surface area contributed by atoms with Gasteiger partial charge in [0.2, 0.25) is 0 Å². The molecule has 3 aliphatic rings. The van der Waals surface area contributed by atoms with Crippen LogP contribution in [-0.4, -0.2) is 72.9 Å². The highest BCUT2D eigenvalue weighted by Crippen LogP contribution is 2.37. The molecule has 0 spiro atoms. The van der Waals surface area contributed by atoms with E-state index < -0.39 is 20.2 Å². The van der Waals surface area contributed by atoms with E-state index in [0.29, 0.717) is 18.8 Å². The highest BCUT2D eigenvalue weighted by atomic mass is 16.7. The zero-order valence-electron chi connectivity index (χ0n) is 24.6. The van der Waals surface area contributed by atoms with Crippen LogP contribution in [-0.2, 0) is 23.4 Å². The van der Waals surface area contributed by atoms with E-state index >= 15 is 0 Å². The van der Waals surface area contributed by atoms with Crippen LogP contribution in [0.25, 0.3) is 0 Å². The number of ether oxygens (including phenoxy) is 1. The Labute approximate surface area is 237 Å². The summed E-state index contributed by atoms with van der Waals surface area (Å²) in [6, 6.07) is 14.1. The fourth-order valence-corrected chi connectivity index (χ4v) is 4.12. The number of hydrogen-bond donors (Lipinski definition) is 2. The van der Waals surface area contributed by atoms with Crippen molar-refractivity contribution in [2.45, 2.75) is 83.8 Å². The van der Waals surface area contributed by atoms with Crippen LogP contribution in [0.15, 0.2) is 48.5 Å². The standard InChI is InChI=1S/C16H22BNO4.C13H17BO4/c1-15(2)16(3,4)22-17(21-15)12-7-5-11(6-8-12)14(19)18-13-9-20-10-13;1-12(2)13(3,4)18-14(17-12)10-7-5-9(6-8-10)11(15)16/h5-8,13H,9-10H2,1-4H3,(H,18,19);5-8H,1-4H3,(H,15,16). The van der Waals surface area contributed by atoms with Crippen molar-refractivity contribution >= 4 is 37.0 Å². The van der Waals surface area contributed by atoms with Crippen LogP contribution in [0, 0.1) is 0 Å². The molecular formula is C29H39B2NO8. The summed E-state index contributed by atoms with van der Waals surface area (Å²) in [7, 11) is -0.847. The fourth-order valence-electron chi connectivity index (χ4n) is 4.12. The highest BCUT2D eigenvalue weighted by molar-refractivity contribution is 6.62. The van der Waals surface area contributed by atoms with Gasteiger partial charge >= 0.3 is 20.2 Å². The van der Waals surface area contributed by atoms with E-state index in [1.807, 2.05) is 67.5 Å². The van der Waals surface area contributed by atoms with Gasteiger partial charge in [0, 0.05) is 5.56 Å². The van der Waals surface area contributed by atoms with Gasteiger partial charge in [-0.1, -0.05) is 24.3 Å². The Morgan fingerprint density at radius 2 is 1.02 bits per heavy atom. The van der Waals surface area contributed by atoms with Gasteiger partial charge in [0.15, 0.2) is 0 Å². The minimum Gasteiger partial charge on any atom is -0.478 e. The lowest BCUT2D eigenvalue weighted by Crippen LogP contribution is -2.48. The van der Waals surface area contributed by atoms with Gasteiger partial charge in [-0.05, 0) is 90.6 Å². The summed E-state index contributed by atoms with van der Waals surface area (Å²) in [5.74, 6) is -1.01. The Morgan fingerprint density at radius 3 is 1.32 bits per heavy atom. The maximum Gasteiger partial charge on any atom is 0.494 e. The minimum absolute atomic E-state index is 0.0752. The van der Waals surface area contributed by atoms with Gasteiger partial charge in [-0.25, -0.2) is 4.79 Å². The number of benzene rings is 2. The Kier molecular flexibility index (Phi) is 8.28. The van der Waals surface area contributed by atoms with E-state index in [2.05, 4.69) is 5.32 Å². The molecule has 3 fully saturated rings. The second-order valence-corrected chi connectivity index (χ2v) is 12.4. The molecule has 0 atom stereocenters. The first-order valence-corrected chi connectivity index (χ1v) is 13.5. The number of carbonyl (C=O) groups excluding carboxylic acids is 1. The van der Waals surface area contributed by atoms with Crippen LogP contribution in [0.2, 0.25) is 0 Å². The average molecular weight is 551 g/mol. The lowest BCUT2D eigenvalue weighted by Gasteiger charge is -2.32. The zero-order valence-corrected chi connectivity index (χ0v) is 24.6. The number of carbonyl (C=O) groups is 2. The number of carboxylic acid groups (broad SMARTS) is 1. The molecule has 0 unspecified atom stereocenters. The van der Waals surface area contributed by atoms with Crippen molar-refractivity contribution < 1.29 is 38.0 Å². The molecule has 0 radical (unpaired) electrons. The molecule has 0 bridgehead atoms. The zero-order chi connectivity index (χ0) is 29.5. The first-order valence-electron chi connectivity index (χ1n) is 13.5. The second kappa shape index (κ2) is 10.9. The van der Waals surface area contributed by atoms with Crippen molar-refractivity contribution in [3.05, 3.63) is 59.7 Å². The van der Waals surface area contributed by atoms with Crippen molar-refractivity contribution in [3.8, 4) is 0 Å². The molecule has 214 valence electrons. The maximum atomic E-state index is 12.1. The first kappa shape index (κ1) is 30.3. The van der Waals surface area contributed by atoms with E-state index in [1.54, 1.807) is 36.4 Å². The Morgan fingerprint density at radius 1 is 0.675 bits per heavy atom. The van der Waals surface area contributed by atoms with Crippen molar-refractivity contribution in [3.63, 3.8) is 0 Å². The van der Waals surface area contributed by atoms with Crippen molar-refractivity contribution in [1.29, 1.82) is 0 Å². The van der Waals surface area contributed by atoms with Crippen LogP contribution in [0.1, 0.15) is 76.1 Å². The first-order chi connectivity index (χ1) is 18.5. The van der Waals surface area contributed by atoms with Gasteiger partial charge in [0.1, 0.15) is 0 Å². The van der Waals surface area contributed by atoms with Gasteiger partial charge in [-0.3, -0.25) is 4.79 Å². The van der Waals surface area contributed by atoms with E-state index in [1.165, 1.54) is 0 Å². The quantitative estimate of drug-likeness (QED) is 0.546. The summed E-state index contributed by atoms with van der Waals surface area (Å²) < 4.78 is 28.8. The summed E-state index contributed by atoms with van der Waals surface area (Å²) in [5, 5.41) is 11.8. The third-order valence-electron chi connectivity index (χ3n) is 8.35. The molecule has 2 aromatic carbocycles. The molecule has 9 nitrogen and oxygen atoms in total. The second-order valence-electron chi connectivity index (χ2n) is 12.4. The van der Waals surface area contributed by atoms with Gasteiger partial charge in [-0.2, -0.15) is 0 Å². The van der Waals surface area contributed by atoms with E-state index in [4.69, 9.17) is 28.5 Å². The summed E-state index contributed by atoms with van der Waals surface area (Å²) in [5.41, 5.74) is 1.14. The lowest BCUT2D eigenvalue weighted by atomic mass is 9.79. The van der Waals surface area contributed by atoms with E-state index in [0.717, 1.165) is 10.9 Å². The highest BCUT2D eigenvalue weighted by Gasteiger charge is 2.52. The van der Waals surface area contributed by atoms with Gasteiger partial charge in [0.25, 0.3) is 5.91 Å². The fraction of sp³-hybridized carbons (Fsp3) is 0.517. The number of rotatable bonds is 5. The summed E-state index contributed by atoms with van der Waals surface area (Å²) >= 11 is 0. The molecule has 2 N–H and O–H groups in total. The Balaban J connectivity index is 0.000000189. The van der Waals surface area contributed by atoms with Crippen LogP contribution < -0.4 is 16.2 Å². The Hall–Kier alpha value is -2.69. The van der Waals surface area contributed by atoms with Crippen LogP contribution >= 0.6 is 0 Å². The monoisotopic (exact) mass is 551 g/mol. The average Bonchev–Trinajstić information content (AvgIpc) is 3.21. The molecule has 5 rings (SSSR count). The predicted octanol–water partition coefficient (Wildman–Crippen LogP) is 2.80. The predicted molar refractivity (Wildman–Crippen MR) is 153 cm³/mol. The topological polar surface area (TPSA) is 113 Å². The number of hydrogen-bond acceptors (Lipinski definition) is 7. The molecular weight excluding hydrogens is 512 g/mol. The molecule has 1 amide bonds. The molecule has 0 saturated carbocycles. The number of aromatic carboxylic acids is 1. The van der Waals surface area contributed by atoms with Gasteiger partial charge in [0.05, 0.1) is 47.2 Å². The maximum absolute atomic E-state index is 12.1. The largest absolute Gasteiger partial charge is 0.494 e. The molecule has 40 heavy (non-hydrogen) atoms. The normalized spacial score (nSPS) is 22.2. The Bertz CT molecular complexity index is 1190. The lowest BCUT2D eigenvalue weighted by molar-refractivity contribution is -0.00346. The van der Waals surface area contributed by atoms with E-state index in [9.17, 15) is 9.59 Å². The van der Waals surface area contributed by atoms with Crippen molar-refractivity contribution in [2.75, 3.05) is 13.2 Å². The molecule has 3 saturated heterocycles. The van der Waals surface area contributed by atoms with E-state index in [-0.39, 0.29) is 39.9 Å². The van der Waals surface area contributed by atoms with Crippen LogP contribution in [0.3, 0.4) is 0 Å². The SMILES string of the molecule is CC1(C)OB(c2ccc(C(=O)NC3COC3)cc2)OC1(C)C.CC1(C)OB(c2ccc(C(=O)O)cc2)OC1(C)C. The number of nitrogens with one attached hydrogen (secondary N) is 1. The molecule has 0 aliphatic carbocycles. The minimum atomic E-state index is -0.935.